The molecule has 0 aliphatic heterocycles. The van der Waals surface area contributed by atoms with E-state index in [2.05, 4.69) is 0 Å². The predicted molar refractivity (Wildman–Crippen MR) is 57.2 cm³/mol. The molecule has 14 heavy (non-hydrogen) atoms. The summed E-state index contributed by atoms with van der Waals surface area (Å²) in [7, 11) is 1.70. The van der Waals surface area contributed by atoms with Crippen LogP contribution in [0.15, 0.2) is 0 Å². The molecule has 0 aromatic rings. The Kier molecular flexibility index (Phi) is 6.15. The summed E-state index contributed by atoms with van der Waals surface area (Å²) in [6.07, 6.45) is 5.26. The highest BCUT2D eigenvalue weighted by Crippen LogP contribution is 2.29. The topological polar surface area (TPSA) is 44.5 Å². The molecule has 2 atom stereocenters. The molecule has 0 aromatic carbocycles. The van der Waals surface area contributed by atoms with Gasteiger partial charge in [0.2, 0.25) is 0 Å². The number of rotatable bonds is 6. The first-order chi connectivity index (χ1) is 6.88. The van der Waals surface area contributed by atoms with Crippen LogP contribution in [0.5, 0.6) is 0 Å². The third-order valence-corrected chi connectivity index (χ3v) is 3.13. The monoisotopic (exact) mass is 201 g/mol. The van der Waals surface area contributed by atoms with Crippen LogP contribution in [0.25, 0.3) is 0 Å². The van der Waals surface area contributed by atoms with Gasteiger partial charge in [0.15, 0.2) is 0 Å². The molecule has 84 valence electrons. The number of methoxy groups -OCH3 is 1. The molecule has 1 aliphatic carbocycles. The van der Waals surface area contributed by atoms with Crippen LogP contribution in [0, 0.1) is 11.8 Å². The highest BCUT2D eigenvalue weighted by molar-refractivity contribution is 4.75. The fourth-order valence-electron chi connectivity index (χ4n) is 2.19. The van der Waals surface area contributed by atoms with E-state index in [0.29, 0.717) is 25.0 Å². The molecule has 1 saturated carbocycles. The minimum absolute atomic E-state index is 0.686. The van der Waals surface area contributed by atoms with E-state index in [1.165, 1.54) is 25.7 Å². The standard InChI is InChI=1S/C11H23NO2/c1-13-6-7-14-9-11-5-3-2-4-10(11)8-12/h10-11H,2-9,12H2,1H3. The van der Waals surface area contributed by atoms with Crippen molar-refractivity contribution in [1.82, 2.24) is 0 Å². The maximum absolute atomic E-state index is 5.74. The third-order valence-electron chi connectivity index (χ3n) is 3.13. The average molecular weight is 201 g/mol. The Bertz CT molecular complexity index is 141. The zero-order chi connectivity index (χ0) is 10.2. The molecule has 1 rings (SSSR count). The molecule has 3 heteroatoms. The molecule has 3 nitrogen and oxygen atoms in total. The van der Waals surface area contributed by atoms with Crippen molar-refractivity contribution >= 4 is 0 Å². The van der Waals surface area contributed by atoms with E-state index in [1.54, 1.807) is 7.11 Å². The van der Waals surface area contributed by atoms with E-state index in [0.717, 1.165) is 13.2 Å². The third kappa shape index (κ3) is 3.95. The molecule has 0 heterocycles. The van der Waals surface area contributed by atoms with Crippen molar-refractivity contribution in [3.05, 3.63) is 0 Å². The van der Waals surface area contributed by atoms with Crippen molar-refractivity contribution in [1.29, 1.82) is 0 Å². The Morgan fingerprint density at radius 1 is 1.14 bits per heavy atom. The van der Waals surface area contributed by atoms with Gasteiger partial charge in [-0.3, -0.25) is 0 Å². The molecule has 0 spiro atoms. The van der Waals surface area contributed by atoms with Gasteiger partial charge in [0.1, 0.15) is 0 Å². The first-order valence-corrected chi connectivity index (χ1v) is 5.65. The maximum atomic E-state index is 5.74. The summed E-state index contributed by atoms with van der Waals surface area (Å²) in [5, 5.41) is 0. The highest BCUT2D eigenvalue weighted by atomic mass is 16.5. The second-order valence-corrected chi connectivity index (χ2v) is 4.11. The van der Waals surface area contributed by atoms with Gasteiger partial charge in [-0.2, -0.15) is 0 Å². The number of hydrogen-bond donors (Lipinski definition) is 1. The van der Waals surface area contributed by atoms with Gasteiger partial charge < -0.3 is 15.2 Å². The van der Waals surface area contributed by atoms with Gasteiger partial charge in [-0.15, -0.1) is 0 Å². The van der Waals surface area contributed by atoms with Crippen molar-refractivity contribution in [2.45, 2.75) is 25.7 Å². The lowest BCUT2D eigenvalue weighted by molar-refractivity contribution is 0.0293. The van der Waals surface area contributed by atoms with E-state index >= 15 is 0 Å². The largest absolute Gasteiger partial charge is 0.382 e. The summed E-state index contributed by atoms with van der Waals surface area (Å²) in [5.74, 6) is 1.37. The molecule has 0 saturated heterocycles. The Labute approximate surface area is 86.9 Å². The quantitative estimate of drug-likeness (QED) is 0.661. The second-order valence-electron chi connectivity index (χ2n) is 4.11. The van der Waals surface area contributed by atoms with Crippen LogP contribution in [0.4, 0.5) is 0 Å². The van der Waals surface area contributed by atoms with Gasteiger partial charge in [0, 0.05) is 13.7 Å². The van der Waals surface area contributed by atoms with Crippen molar-refractivity contribution in [3.63, 3.8) is 0 Å². The SMILES string of the molecule is COCCOCC1CCCCC1CN. The highest BCUT2D eigenvalue weighted by Gasteiger charge is 2.23. The van der Waals surface area contributed by atoms with E-state index in [4.69, 9.17) is 15.2 Å². The lowest BCUT2D eigenvalue weighted by Gasteiger charge is -2.30. The minimum atomic E-state index is 0.686. The Balaban J connectivity index is 2.13. The Morgan fingerprint density at radius 3 is 2.50 bits per heavy atom. The second kappa shape index (κ2) is 7.21. The van der Waals surface area contributed by atoms with Crippen LogP contribution < -0.4 is 5.73 Å². The van der Waals surface area contributed by atoms with E-state index in [1.807, 2.05) is 0 Å². The number of ether oxygens (including phenoxy) is 2. The van der Waals surface area contributed by atoms with E-state index in [-0.39, 0.29) is 0 Å². The molecule has 0 amide bonds. The number of hydrogen-bond acceptors (Lipinski definition) is 3. The molecule has 0 bridgehead atoms. The maximum Gasteiger partial charge on any atom is 0.0700 e. The normalized spacial score (nSPS) is 27.9. The smallest absolute Gasteiger partial charge is 0.0700 e. The van der Waals surface area contributed by atoms with Crippen molar-refractivity contribution < 1.29 is 9.47 Å². The van der Waals surface area contributed by atoms with Crippen LogP contribution in [-0.4, -0.2) is 33.5 Å². The zero-order valence-corrected chi connectivity index (χ0v) is 9.21. The van der Waals surface area contributed by atoms with Gasteiger partial charge in [-0.05, 0) is 31.2 Å². The lowest BCUT2D eigenvalue weighted by Crippen LogP contribution is -2.30. The van der Waals surface area contributed by atoms with Crippen molar-refractivity contribution in [2.75, 3.05) is 33.5 Å². The Morgan fingerprint density at radius 2 is 1.86 bits per heavy atom. The summed E-state index contributed by atoms with van der Waals surface area (Å²) < 4.78 is 10.5. The van der Waals surface area contributed by atoms with Crippen molar-refractivity contribution in [3.8, 4) is 0 Å². The average Bonchev–Trinajstić information content (AvgIpc) is 2.25. The molecule has 1 fully saturated rings. The van der Waals surface area contributed by atoms with Gasteiger partial charge >= 0.3 is 0 Å². The minimum Gasteiger partial charge on any atom is -0.382 e. The van der Waals surface area contributed by atoms with Crippen LogP contribution in [-0.2, 0) is 9.47 Å². The molecule has 2 N–H and O–H groups in total. The van der Waals surface area contributed by atoms with Crippen LogP contribution in [0.2, 0.25) is 0 Å². The zero-order valence-electron chi connectivity index (χ0n) is 9.21. The predicted octanol–water partition coefficient (Wildman–Crippen LogP) is 1.41. The van der Waals surface area contributed by atoms with Gasteiger partial charge in [-0.1, -0.05) is 12.8 Å². The first-order valence-electron chi connectivity index (χ1n) is 5.65. The summed E-state index contributed by atoms with van der Waals surface area (Å²) in [6.45, 7) is 3.09. The van der Waals surface area contributed by atoms with Gasteiger partial charge in [0.05, 0.1) is 13.2 Å². The van der Waals surface area contributed by atoms with Gasteiger partial charge in [-0.25, -0.2) is 0 Å². The number of nitrogens with two attached hydrogens (primary N) is 1. The molecule has 2 unspecified atom stereocenters. The molecule has 0 aromatic heterocycles. The first kappa shape index (κ1) is 12.0. The van der Waals surface area contributed by atoms with Crippen LogP contribution >= 0.6 is 0 Å². The molecular weight excluding hydrogens is 178 g/mol. The fraction of sp³-hybridized carbons (Fsp3) is 1.00. The fourth-order valence-corrected chi connectivity index (χ4v) is 2.19. The van der Waals surface area contributed by atoms with E-state index in [9.17, 15) is 0 Å². The summed E-state index contributed by atoms with van der Waals surface area (Å²) in [4.78, 5) is 0. The molecule has 0 radical (unpaired) electrons. The van der Waals surface area contributed by atoms with Crippen LogP contribution in [0.3, 0.4) is 0 Å². The Hall–Kier alpha value is -0.120. The molecule has 1 aliphatic rings. The van der Waals surface area contributed by atoms with Crippen molar-refractivity contribution in [2.24, 2.45) is 17.6 Å². The molecular formula is C11H23NO2. The summed E-state index contributed by atoms with van der Waals surface area (Å²) in [5.41, 5.74) is 5.74. The van der Waals surface area contributed by atoms with E-state index < -0.39 is 0 Å². The summed E-state index contributed by atoms with van der Waals surface area (Å²) in [6, 6.07) is 0. The van der Waals surface area contributed by atoms with Crippen LogP contribution in [0.1, 0.15) is 25.7 Å². The summed E-state index contributed by atoms with van der Waals surface area (Å²) >= 11 is 0. The lowest BCUT2D eigenvalue weighted by atomic mass is 9.80. The van der Waals surface area contributed by atoms with Gasteiger partial charge in [0.25, 0.3) is 0 Å².